The molecular formula is C17H28FNO2. The molecule has 0 unspecified atom stereocenters. The molecule has 0 heterocycles. The molecule has 0 fully saturated rings. The fraction of sp³-hybridized carbons (Fsp3) is 0.471. The van der Waals surface area contributed by atoms with Crippen molar-refractivity contribution in [3.05, 3.63) is 35.7 Å². The number of benzene rings is 1. The highest BCUT2D eigenvalue weighted by atomic mass is 19.1. The van der Waals surface area contributed by atoms with Gasteiger partial charge < -0.3 is 10.1 Å². The molecule has 1 aromatic carbocycles. The van der Waals surface area contributed by atoms with Crippen molar-refractivity contribution in [2.75, 3.05) is 13.1 Å². The average molecular weight is 297 g/mol. The van der Waals surface area contributed by atoms with Crippen LogP contribution in [0.2, 0.25) is 0 Å². The molecule has 0 aromatic heterocycles. The third-order valence-corrected chi connectivity index (χ3v) is 2.48. The van der Waals surface area contributed by atoms with Gasteiger partial charge in [-0.05, 0) is 50.7 Å². The summed E-state index contributed by atoms with van der Waals surface area (Å²) in [5.74, 6) is 0.102. The third kappa shape index (κ3) is 8.25. The second-order valence-electron chi connectivity index (χ2n) is 4.36. The molecule has 1 N–H and O–H groups in total. The number of ether oxygens (including phenoxy) is 1. The molecule has 1 aromatic rings. The Morgan fingerprint density at radius 3 is 2.71 bits per heavy atom. The van der Waals surface area contributed by atoms with Gasteiger partial charge in [0, 0.05) is 13.5 Å². The van der Waals surface area contributed by atoms with Crippen LogP contribution in [-0.4, -0.2) is 25.0 Å². The van der Waals surface area contributed by atoms with Gasteiger partial charge in [-0.3, -0.25) is 4.79 Å². The maximum absolute atomic E-state index is 13.5. The highest BCUT2D eigenvalue weighted by molar-refractivity contribution is 5.91. The number of allylic oxidation sites excluding steroid dienone is 1. The van der Waals surface area contributed by atoms with Gasteiger partial charge in [-0.25, -0.2) is 4.39 Å². The van der Waals surface area contributed by atoms with Crippen molar-refractivity contribution in [1.29, 1.82) is 0 Å². The first-order valence-corrected chi connectivity index (χ1v) is 7.38. The summed E-state index contributed by atoms with van der Waals surface area (Å²) in [5.41, 5.74) is 0.350. The molecule has 0 aliphatic carbocycles. The summed E-state index contributed by atoms with van der Waals surface area (Å²) in [4.78, 5) is 10.9. The van der Waals surface area contributed by atoms with E-state index in [0.29, 0.717) is 11.3 Å². The average Bonchev–Trinajstić information content (AvgIpc) is 2.47. The number of halogens is 1. The summed E-state index contributed by atoms with van der Waals surface area (Å²) in [5, 5.41) is 3.18. The van der Waals surface area contributed by atoms with Crippen molar-refractivity contribution in [2.45, 2.75) is 40.7 Å². The van der Waals surface area contributed by atoms with Gasteiger partial charge in [-0.15, -0.1) is 0 Å². The molecule has 21 heavy (non-hydrogen) atoms. The minimum Gasteiger partial charge on any atom is -0.489 e. The Morgan fingerprint density at radius 2 is 2.14 bits per heavy atom. The second kappa shape index (κ2) is 11.0. The Kier molecular flexibility index (Phi) is 10.1. The highest BCUT2D eigenvalue weighted by Crippen LogP contribution is 2.19. The lowest BCUT2D eigenvalue weighted by atomic mass is 10.1. The van der Waals surface area contributed by atoms with Crippen LogP contribution >= 0.6 is 0 Å². The SMILES string of the molecule is CC.CCNC[C@@H](C)Oc1ccc(F)c(/C=C/C(C)=O)c1.[HH]. The first-order chi connectivity index (χ1) is 10.0. The molecule has 4 heteroatoms. The van der Waals surface area contributed by atoms with Crippen molar-refractivity contribution < 1.29 is 15.3 Å². The number of likely N-dealkylation sites (N-methyl/N-ethyl adjacent to an activating group) is 1. The lowest BCUT2D eigenvalue weighted by Crippen LogP contribution is -2.28. The van der Waals surface area contributed by atoms with E-state index in [2.05, 4.69) is 5.32 Å². The van der Waals surface area contributed by atoms with Crippen LogP contribution in [0.15, 0.2) is 24.3 Å². The molecule has 0 amide bonds. The van der Waals surface area contributed by atoms with E-state index in [1.165, 1.54) is 25.1 Å². The summed E-state index contributed by atoms with van der Waals surface area (Å²) in [7, 11) is 0. The minimum atomic E-state index is -0.371. The number of rotatable bonds is 7. The Balaban J connectivity index is 0. The molecule has 120 valence electrons. The third-order valence-electron chi connectivity index (χ3n) is 2.48. The highest BCUT2D eigenvalue weighted by Gasteiger charge is 2.06. The van der Waals surface area contributed by atoms with Gasteiger partial charge in [0.05, 0.1) is 0 Å². The molecule has 3 nitrogen and oxygen atoms in total. The fourth-order valence-corrected chi connectivity index (χ4v) is 1.55. The van der Waals surface area contributed by atoms with Crippen molar-refractivity contribution in [2.24, 2.45) is 0 Å². The van der Waals surface area contributed by atoms with E-state index in [9.17, 15) is 9.18 Å². The van der Waals surface area contributed by atoms with Gasteiger partial charge in [0.25, 0.3) is 0 Å². The summed E-state index contributed by atoms with van der Waals surface area (Å²) in [6, 6.07) is 4.52. The standard InChI is InChI=1S/C15H20FNO2.C2H6.H2/c1-4-17-10-12(3)19-14-7-8-15(16)13(9-14)6-5-11(2)18;1-2;/h5-9,12,17H,4,10H2,1-3H3;1-2H3;1H/b6-5+;;/t12-;;/m1../s1. The number of hydrogen-bond acceptors (Lipinski definition) is 3. The van der Waals surface area contributed by atoms with Crippen molar-refractivity contribution in [3.63, 3.8) is 0 Å². The van der Waals surface area contributed by atoms with Crippen LogP contribution < -0.4 is 10.1 Å². The molecule has 0 aliphatic heterocycles. The van der Waals surface area contributed by atoms with Gasteiger partial charge in [-0.2, -0.15) is 0 Å². The van der Waals surface area contributed by atoms with Crippen molar-refractivity contribution in [1.82, 2.24) is 5.32 Å². The van der Waals surface area contributed by atoms with Crippen LogP contribution in [0.1, 0.15) is 41.6 Å². The van der Waals surface area contributed by atoms with E-state index in [1.807, 2.05) is 27.7 Å². The predicted octanol–water partition coefficient (Wildman–Crippen LogP) is 4.08. The number of carbonyl (C=O) groups excluding carboxylic acids is 1. The molecule has 0 spiro atoms. The maximum Gasteiger partial charge on any atom is 0.152 e. The minimum absolute atomic E-state index is 0. The van der Waals surface area contributed by atoms with Crippen LogP contribution in [0.4, 0.5) is 4.39 Å². The van der Waals surface area contributed by atoms with Crippen LogP contribution in [0.3, 0.4) is 0 Å². The predicted molar refractivity (Wildman–Crippen MR) is 88.2 cm³/mol. The monoisotopic (exact) mass is 297 g/mol. The molecule has 0 bridgehead atoms. The molecule has 1 rings (SSSR count). The first-order valence-electron chi connectivity index (χ1n) is 7.38. The van der Waals surface area contributed by atoms with Crippen LogP contribution in [0.25, 0.3) is 6.08 Å². The van der Waals surface area contributed by atoms with Crippen LogP contribution in [-0.2, 0) is 4.79 Å². The number of ketones is 1. The zero-order valence-electron chi connectivity index (χ0n) is 13.6. The quantitative estimate of drug-likeness (QED) is 0.771. The molecule has 0 aliphatic rings. The summed E-state index contributed by atoms with van der Waals surface area (Å²) in [6.07, 6.45) is 2.79. The van der Waals surface area contributed by atoms with Gasteiger partial charge in [-0.1, -0.05) is 20.8 Å². The van der Waals surface area contributed by atoms with Gasteiger partial charge in [0.1, 0.15) is 17.7 Å². The van der Waals surface area contributed by atoms with Gasteiger partial charge in [0.2, 0.25) is 0 Å². The zero-order valence-corrected chi connectivity index (χ0v) is 13.6. The Hall–Kier alpha value is -1.68. The van der Waals surface area contributed by atoms with E-state index < -0.39 is 0 Å². The number of carbonyl (C=O) groups is 1. The summed E-state index contributed by atoms with van der Waals surface area (Å²) < 4.78 is 19.2. The maximum atomic E-state index is 13.5. The molecule has 0 saturated carbocycles. The molecule has 0 radical (unpaired) electrons. The summed E-state index contributed by atoms with van der Waals surface area (Å²) in [6.45, 7) is 11.0. The first kappa shape index (κ1) is 19.3. The number of nitrogens with one attached hydrogen (secondary N) is 1. The number of hydrogen-bond donors (Lipinski definition) is 1. The molecular weight excluding hydrogens is 269 g/mol. The lowest BCUT2D eigenvalue weighted by Gasteiger charge is -2.15. The Morgan fingerprint density at radius 1 is 1.48 bits per heavy atom. The largest absolute Gasteiger partial charge is 0.489 e. The zero-order chi connectivity index (χ0) is 16.3. The van der Waals surface area contributed by atoms with Crippen molar-refractivity contribution >= 4 is 11.9 Å². The van der Waals surface area contributed by atoms with Crippen LogP contribution in [0, 0.1) is 5.82 Å². The second-order valence-corrected chi connectivity index (χ2v) is 4.36. The van der Waals surface area contributed by atoms with Gasteiger partial charge >= 0.3 is 0 Å². The van der Waals surface area contributed by atoms with Crippen molar-refractivity contribution in [3.8, 4) is 5.75 Å². The van der Waals surface area contributed by atoms with Crippen LogP contribution in [0.5, 0.6) is 5.75 Å². The Bertz CT molecular complexity index is 464. The van der Waals surface area contributed by atoms with E-state index in [-0.39, 0.29) is 19.1 Å². The van der Waals surface area contributed by atoms with E-state index in [4.69, 9.17) is 4.74 Å². The summed E-state index contributed by atoms with van der Waals surface area (Å²) >= 11 is 0. The molecule has 1 atom stereocenters. The molecule has 0 saturated heterocycles. The fourth-order valence-electron chi connectivity index (χ4n) is 1.55. The topological polar surface area (TPSA) is 38.3 Å². The van der Waals surface area contributed by atoms with E-state index in [1.54, 1.807) is 12.1 Å². The lowest BCUT2D eigenvalue weighted by molar-refractivity contribution is -0.112. The van der Waals surface area contributed by atoms with E-state index >= 15 is 0 Å². The smallest absolute Gasteiger partial charge is 0.152 e. The normalized spacial score (nSPS) is 11.7. The van der Waals surface area contributed by atoms with Gasteiger partial charge in [0.15, 0.2) is 5.78 Å². The Labute approximate surface area is 128 Å². The van der Waals surface area contributed by atoms with E-state index in [0.717, 1.165) is 13.1 Å².